The summed E-state index contributed by atoms with van der Waals surface area (Å²) in [6.45, 7) is 8.51. The molecule has 4 rings (SSSR count). The van der Waals surface area contributed by atoms with Crippen LogP contribution in [-0.4, -0.2) is 62.5 Å². The van der Waals surface area contributed by atoms with E-state index in [0.717, 1.165) is 16.7 Å². The van der Waals surface area contributed by atoms with Crippen LogP contribution in [0.3, 0.4) is 0 Å². The summed E-state index contributed by atoms with van der Waals surface area (Å²) in [5.74, 6) is -1.48. The summed E-state index contributed by atoms with van der Waals surface area (Å²) in [6, 6.07) is 13.7. The highest BCUT2D eigenvalue weighted by Crippen LogP contribution is 2.37. The molecule has 3 aromatic rings. The van der Waals surface area contributed by atoms with Crippen LogP contribution in [0.2, 0.25) is 0 Å². The zero-order valence-corrected chi connectivity index (χ0v) is 23.6. The Kier molecular flexibility index (Phi) is 8.13. The number of anilines is 1. The van der Waals surface area contributed by atoms with E-state index in [-0.39, 0.29) is 29.5 Å². The molecule has 0 saturated carbocycles. The first-order valence-corrected chi connectivity index (χ1v) is 13.3. The zero-order chi connectivity index (χ0) is 29.4. The third-order valence-corrected chi connectivity index (χ3v) is 7.28. The minimum atomic E-state index is -1.13. The number of carbonyl (C=O) groups excluding carboxylic acids is 2. The Morgan fingerprint density at radius 2 is 1.70 bits per heavy atom. The number of carboxylic acid groups (broad SMARTS) is 1. The number of aliphatic hydroxyl groups is 1. The summed E-state index contributed by atoms with van der Waals surface area (Å²) >= 11 is 0. The van der Waals surface area contributed by atoms with Crippen molar-refractivity contribution in [3.63, 3.8) is 0 Å². The van der Waals surface area contributed by atoms with Crippen molar-refractivity contribution in [2.24, 2.45) is 11.1 Å². The number of nitrogens with two attached hydrogens (primary N) is 1. The molecule has 0 radical (unpaired) electrons. The third kappa shape index (κ3) is 5.78. The van der Waals surface area contributed by atoms with Crippen LogP contribution in [0.4, 0.5) is 5.82 Å². The van der Waals surface area contributed by atoms with Gasteiger partial charge in [0, 0.05) is 55.6 Å². The number of nitrogens with zero attached hydrogens (tertiary/aromatic N) is 4. The molecule has 1 amide bonds. The molecule has 2 atom stereocenters. The molecule has 4 N–H and O–H groups in total. The van der Waals surface area contributed by atoms with Crippen molar-refractivity contribution in [1.29, 1.82) is 0 Å². The van der Waals surface area contributed by atoms with E-state index in [0.29, 0.717) is 31.0 Å². The molecule has 2 unspecified atom stereocenters. The van der Waals surface area contributed by atoms with E-state index in [4.69, 9.17) is 10.8 Å². The fourth-order valence-corrected chi connectivity index (χ4v) is 5.18. The third-order valence-electron chi connectivity index (χ3n) is 7.28. The SMILES string of the molecule is Cc1c(C2CC(O)N(C(=O)C(C)(C)C)C2)nn(C(=O)c2cccc(C(=O)O)c2)c1N(C)Cc1ccc(CN)cc1. The molecule has 2 heterocycles. The normalized spacial score (nSPS) is 17.2. The van der Waals surface area contributed by atoms with Gasteiger partial charge >= 0.3 is 5.97 Å². The number of benzene rings is 2. The Bertz CT molecular complexity index is 1420. The fraction of sp³-hybridized carbons (Fsp3) is 0.400. The number of rotatable bonds is 7. The van der Waals surface area contributed by atoms with Gasteiger partial charge in [-0.25, -0.2) is 4.79 Å². The Hall–Kier alpha value is -4.02. The van der Waals surface area contributed by atoms with Gasteiger partial charge in [-0.05, 0) is 36.2 Å². The van der Waals surface area contributed by atoms with Gasteiger partial charge in [-0.1, -0.05) is 51.1 Å². The average Bonchev–Trinajstić information content (AvgIpc) is 3.47. The fourth-order valence-electron chi connectivity index (χ4n) is 5.18. The highest BCUT2D eigenvalue weighted by molar-refractivity contribution is 6.00. The summed E-state index contributed by atoms with van der Waals surface area (Å²) in [5, 5.41) is 24.9. The van der Waals surface area contributed by atoms with Gasteiger partial charge < -0.3 is 25.7 Å². The molecule has 1 fully saturated rings. The minimum Gasteiger partial charge on any atom is -0.478 e. The molecular formula is C30H37N5O5. The minimum absolute atomic E-state index is 0.0000920. The van der Waals surface area contributed by atoms with Crippen LogP contribution in [0.5, 0.6) is 0 Å². The van der Waals surface area contributed by atoms with Crippen molar-refractivity contribution >= 4 is 23.6 Å². The average molecular weight is 548 g/mol. The van der Waals surface area contributed by atoms with Gasteiger partial charge in [-0.3, -0.25) is 9.59 Å². The highest BCUT2D eigenvalue weighted by Gasteiger charge is 2.41. The molecule has 1 saturated heterocycles. The van der Waals surface area contributed by atoms with Crippen LogP contribution in [0.1, 0.15) is 76.2 Å². The number of hydrogen-bond donors (Lipinski definition) is 3. The Balaban J connectivity index is 1.75. The number of aromatic nitrogens is 2. The molecule has 1 aliphatic rings. The van der Waals surface area contributed by atoms with Crippen LogP contribution >= 0.6 is 0 Å². The van der Waals surface area contributed by atoms with Gasteiger partial charge in [0.05, 0.1) is 11.3 Å². The van der Waals surface area contributed by atoms with Crippen LogP contribution in [-0.2, 0) is 17.9 Å². The number of carboxylic acids is 1. The van der Waals surface area contributed by atoms with Crippen molar-refractivity contribution in [3.8, 4) is 0 Å². The van der Waals surface area contributed by atoms with E-state index in [9.17, 15) is 24.6 Å². The van der Waals surface area contributed by atoms with Crippen molar-refractivity contribution in [1.82, 2.24) is 14.7 Å². The van der Waals surface area contributed by atoms with E-state index in [2.05, 4.69) is 0 Å². The number of hydrogen-bond acceptors (Lipinski definition) is 7. The number of aromatic carboxylic acids is 1. The monoisotopic (exact) mass is 547 g/mol. The lowest BCUT2D eigenvalue weighted by Crippen LogP contribution is -2.42. The summed E-state index contributed by atoms with van der Waals surface area (Å²) in [6.07, 6.45) is -0.655. The van der Waals surface area contributed by atoms with Crippen LogP contribution in [0, 0.1) is 12.3 Å². The van der Waals surface area contributed by atoms with Crippen LogP contribution in [0.25, 0.3) is 0 Å². The molecule has 2 aromatic carbocycles. The molecular weight excluding hydrogens is 510 g/mol. The number of aliphatic hydroxyl groups excluding tert-OH is 1. The van der Waals surface area contributed by atoms with E-state index in [1.165, 1.54) is 27.8 Å². The molecule has 1 aliphatic heterocycles. The lowest BCUT2D eigenvalue weighted by molar-refractivity contribution is -0.146. The van der Waals surface area contributed by atoms with Gasteiger partial charge in [-0.2, -0.15) is 9.78 Å². The predicted octanol–water partition coefficient (Wildman–Crippen LogP) is 3.35. The maximum Gasteiger partial charge on any atom is 0.335 e. The summed E-state index contributed by atoms with van der Waals surface area (Å²) in [4.78, 5) is 41.7. The molecule has 10 heteroatoms. The largest absolute Gasteiger partial charge is 0.478 e. The summed E-state index contributed by atoms with van der Waals surface area (Å²) < 4.78 is 1.31. The second-order valence-corrected chi connectivity index (χ2v) is 11.4. The van der Waals surface area contributed by atoms with E-state index >= 15 is 0 Å². The number of carbonyl (C=O) groups is 3. The molecule has 0 bridgehead atoms. The molecule has 0 spiro atoms. The summed E-state index contributed by atoms with van der Waals surface area (Å²) in [5.41, 5.74) is 8.66. The van der Waals surface area contributed by atoms with Crippen molar-refractivity contribution in [2.75, 3.05) is 18.5 Å². The first-order chi connectivity index (χ1) is 18.8. The Morgan fingerprint density at radius 1 is 1.07 bits per heavy atom. The molecule has 10 nitrogen and oxygen atoms in total. The highest BCUT2D eigenvalue weighted by atomic mass is 16.4. The molecule has 212 valence electrons. The zero-order valence-electron chi connectivity index (χ0n) is 23.6. The number of likely N-dealkylation sites (tertiary alicyclic amines) is 1. The van der Waals surface area contributed by atoms with Gasteiger partial charge in [0.15, 0.2) is 0 Å². The van der Waals surface area contributed by atoms with Crippen LogP contribution in [0.15, 0.2) is 48.5 Å². The van der Waals surface area contributed by atoms with Gasteiger partial charge in [0.2, 0.25) is 5.91 Å². The Labute approximate surface area is 234 Å². The van der Waals surface area contributed by atoms with E-state index in [1.54, 1.807) is 6.07 Å². The van der Waals surface area contributed by atoms with Crippen molar-refractivity contribution < 1.29 is 24.6 Å². The molecule has 1 aromatic heterocycles. The molecule has 40 heavy (non-hydrogen) atoms. The van der Waals surface area contributed by atoms with Gasteiger partial charge in [0.1, 0.15) is 12.0 Å². The molecule has 0 aliphatic carbocycles. The first-order valence-electron chi connectivity index (χ1n) is 13.3. The standard InChI is InChI=1S/C30H37N5O5/c1-18-25(23-14-24(36)34(17-23)29(40)30(2,3)4)32-35(27(37)21-7-6-8-22(13-21)28(38)39)26(18)33(5)16-20-11-9-19(15-31)10-12-20/h6-13,23-24,36H,14-17,31H2,1-5H3,(H,38,39). The van der Waals surface area contributed by atoms with Gasteiger partial charge in [0.25, 0.3) is 5.91 Å². The van der Waals surface area contributed by atoms with E-state index < -0.39 is 23.5 Å². The maximum absolute atomic E-state index is 13.8. The second-order valence-electron chi connectivity index (χ2n) is 11.4. The maximum atomic E-state index is 13.8. The van der Waals surface area contributed by atoms with E-state index in [1.807, 2.05) is 63.9 Å². The summed E-state index contributed by atoms with van der Waals surface area (Å²) in [7, 11) is 1.86. The smallest absolute Gasteiger partial charge is 0.335 e. The number of amides is 1. The Morgan fingerprint density at radius 3 is 2.30 bits per heavy atom. The van der Waals surface area contributed by atoms with Gasteiger partial charge in [-0.15, -0.1) is 0 Å². The lowest BCUT2D eigenvalue weighted by Gasteiger charge is -2.28. The second kappa shape index (κ2) is 11.2. The quantitative estimate of drug-likeness (QED) is 0.409. The predicted molar refractivity (Wildman–Crippen MR) is 151 cm³/mol. The topological polar surface area (TPSA) is 142 Å². The van der Waals surface area contributed by atoms with Crippen LogP contribution < -0.4 is 10.6 Å². The van der Waals surface area contributed by atoms with Crippen molar-refractivity contribution in [2.45, 2.75) is 59.4 Å². The first kappa shape index (κ1) is 29.0. The van der Waals surface area contributed by atoms with Crippen molar-refractivity contribution in [3.05, 3.63) is 82.0 Å². The lowest BCUT2D eigenvalue weighted by atomic mass is 9.95.